The predicted molar refractivity (Wildman–Crippen MR) is 81.4 cm³/mol. The summed E-state index contributed by atoms with van der Waals surface area (Å²) < 4.78 is 12.3. The van der Waals surface area contributed by atoms with Crippen molar-refractivity contribution in [2.45, 2.75) is 19.9 Å². The quantitative estimate of drug-likeness (QED) is 0.451. The van der Waals surface area contributed by atoms with E-state index in [2.05, 4.69) is 14.4 Å². The monoisotopic (exact) mass is 307 g/mol. The van der Waals surface area contributed by atoms with Gasteiger partial charge in [0.1, 0.15) is 11.3 Å². The number of hydrogen-bond acceptors (Lipinski definition) is 6. The van der Waals surface area contributed by atoms with E-state index in [1.165, 1.54) is 7.11 Å². The lowest BCUT2D eigenvalue weighted by molar-refractivity contribution is 0.0459. The zero-order valence-corrected chi connectivity index (χ0v) is 12.9. The molecule has 0 aliphatic heterocycles. The largest absolute Gasteiger partial charge is 0.465 e. The van der Waals surface area contributed by atoms with Crippen LogP contribution < -0.4 is 5.90 Å². The van der Waals surface area contributed by atoms with Crippen molar-refractivity contribution in [1.29, 1.82) is 0 Å². The number of rotatable bonds is 8. The molecule has 0 aliphatic rings. The first kappa shape index (κ1) is 16.4. The van der Waals surface area contributed by atoms with Gasteiger partial charge < -0.3 is 18.9 Å². The fourth-order valence-electron chi connectivity index (χ4n) is 2.35. The van der Waals surface area contributed by atoms with Gasteiger partial charge in [-0.2, -0.15) is 0 Å². The lowest BCUT2D eigenvalue weighted by Gasteiger charge is -2.08. The summed E-state index contributed by atoms with van der Waals surface area (Å²) in [6, 6.07) is 5.51. The number of nitrogens with two attached hydrogens (primary N) is 1. The third-order valence-electron chi connectivity index (χ3n) is 3.39. The van der Waals surface area contributed by atoms with Gasteiger partial charge in [0.25, 0.3) is 0 Å². The van der Waals surface area contributed by atoms with Gasteiger partial charge in [-0.15, -0.1) is 0 Å². The second kappa shape index (κ2) is 7.88. The molecule has 0 radical (unpaired) electrons. The SMILES string of the molecule is COC(=O)c1cccc2c1nc(C)n2CCCOCCON. The summed E-state index contributed by atoms with van der Waals surface area (Å²) in [6.07, 6.45) is 0.833. The van der Waals surface area contributed by atoms with E-state index < -0.39 is 0 Å². The minimum atomic E-state index is -0.375. The van der Waals surface area contributed by atoms with Gasteiger partial charge in [0.2, 0.25) is 0 Å². The van der Waals surface area contributed by atoms with E-state index in [1.54, 1.807) is 6.07 Å². The average molecular weight is 307 g/mol. The van der Waals surface area contributed by atoms with Gasteiger partial charge in [0.05, 0.1) is 31.4 Å². The molecule has 7 heteroatoms. The first-order valence-corrected chi connectivity index (χ1v) is 7.12. The molecule has 22 heavy (non-hydrogen) atoms. The molecule has 1 heterocycles. The van der Waals surface area contributed by atoms with Crippen LogP contribution in [0.5, 0.6) is 0 Å². The minimum Gasteiger partial charge on any atom is -0.465 e. The number of aromatic nitrogens is 2. The summed E-state index contributed by atoms with van der Waals surface area (Å²) in [6.45, 7) is 4.15. The lowest BCUT2D eigenvalue weighted by atomic mass is 10.2. The summed E-state index contributed by atoms with van der Waals surface area (Å²) in [5, 5.41) is 0. The second-order valence-corrected chi connectivity index (χ2v) is 4.81. The van der Waals surface area contributed by atoms with Gasteiger partial charge in [-0.3, -0.25) is 0 Å². The Kier molecular flexibility index (Phi) is 5.88. The summed E-state index contributed by atoms with van der Waals surface area (Å²) in [7, 11) is 1.37. The molecule has 0 unspecified atom stereocenters. The molecule has 0 bridgehead atoms. The Bertz CT molecular complexity index is 639. The number of methoxy groups -OCH3 is 1. The first-order chi connectivity index (χ1) is 10.7. The van der Waals surface area contributed by atoms with Crippen molar-refractivity contribution < 1.29 is 19.1 Å². The highest BCUT2D eigenvalue weighted by Crippen LogP contribution is 2.21. The summed E-state index contributed by atoms with van der Waals surface area (Å²) >= 11 is 0. The van der Waals surface area contributed by atoms with Crippen molar-refractivity contribution in [2.24, 2.45) is 5.90 Å². The van der Waals surface area contributed by atoms with Crippen LogP contribution in [-0.4, -0.2) is 42.5 Å². The number of carbonyl (C=O) groups excluding carboxylic acids is 1. The number of hydrogen-bond donors (Lipinski definition) is 1. The van der Waals surface area contributed by atoms with Crippen molar-refractivity contribution >= 4 is 17.0 Å². The number of para-hydroxylation sites is 1. The zero-order chi connectivity index (χ0) is 15.9. The van der Waals surface area contributed by atoms with E-state index >= 15 is 0 Å². The molecule has 2 N–H and O–H groups in total. The highest BCUT2D eigenvalue weighted by atomic mass is 16.6. The number of esters is 1. The number of ether oxygens (including phenoxy) is 2. The number of nitrogens with zero attached hydrogens (tertiary/aromatic N) is 2. The van der Waals surface area contributed by atoms with E-state index in [9.17, 15) is 4.79 Å². The Hall–Kier alpha value is -1.96. The van der Waals surface area contributed by atoms with E-state index in [0.717, 1.165) is 24.3 Å². The van der Waals surface area contributed by atoms with Crippen molar-refractivity contribution in [3.63, 3.8) is 0 Å². The maximum atomic E-state index is 11.8. The van der Waals surface area contributed by atoms with Gasteiger partial charge in [0.15, 0.2) is 0 Å². The molecule has 120 valence electrons. The third-order valence-corrected chi connectivity index (χ3v) is 3.39. The lowest BCUT2D eigenvalue weighted by Crippen LogP contribution is -2.10. The van der Waals surface area contributed by atoms with Crippen LogP contribution in [0.25, 0.3) is 11.0 Å². The Morgan fingerprint density at radius 1 is 1.32 bits per heavy atom. The molecule has 0 fully saturated rings. The standard InChI is InChI=1S/C15H21N3O4/c1-11-17-14-12(15(19)20-2)5-3-6-13(14)18(11)7-4-8-21-9-10-22-16/h3,5-6H,4,7-10,16H2,1-2H3. The molecule has 1 aromatic heterocycles. The summed E-state index contributed by atoms with van der Waals surface area (Å²) in [5.74, 6) is 5.41. The van der Waals surface area contributed by atoms with Crippen LogP contribution in [-0.2, 0) is 20.9 Å². The third kappa shape index (κ3) is 3.62. The van der Waals surface area contributed by atoms with Gasteiger partial charge in [-0.05, 0) is 25.5 Å². The molecular weight excluding hydrogens is 286 g/mol. The van der Waals surface area contributed by atoms with Gasteiger partial charge in [0, 0.05) is 13.2 Å². The van der Waals surface area contributed by atoms with Crippen molar-refractivity contribution in [3.8, 4) is 0 Å². The molecular formula is C15H21N3O4. The molecule has 2 rings (SSSR count). The Balaban J connectivity index is 2.10. The molecule has 0 saturated heterocycles. The normalized spacial score (nSPS) is 11.0. The number of aryl methyl sites for hydroxylation is 2. The van der Waals surface area contributed by atoms with E-state index in [4.69, 9.17) is 15.4 Å². The van der Waals surface area contributed by atoms with Crippen LogP contribution in [0.1, 0.15) is 22.6 Å². The van der Waals surface area contributed by atoms with E-state index in [0.29, 0.717) is 30.9 Å². The van der Waals surface area contributed by atoms with Crippen molar-refractivity contribution in [1.82, 2.24) is 9.55 Å². The summed E-state index contributed by atoms with van der Waals surface area (Å²) in [4.78, 5) is 20.7. The Labute approximate surface area is 128 Å². The number of imidazole rings is 1. The average Bonchev–Trinajstić information content (AvgIpc) is 2.85. The molecule has 1 aromatic carbocycles. The zero-order valence-electron chi connectivity index (χ0n) is 12.9. The van der Waals surface area contributed by atoms with Crippen LogP contribution in [0.4, 0.5) is 0 Å². The van der Waals surface area contributed by atoms with Crippen molar-refractivity contribution in [2.75, 3.05) is 26.9 Å². The highest BCUT2D eigenvalue weighted by molar-refractivity contribution is 6.02. The van der Waals surface area contributed by atoms with Gasteiger partial charge in [-0.1, -0.05) is 6.07 Å². The van der Waals surface area contributed by atoms with Crippen LogP contribution in [0, 0.1) is 6.92 Å². The van der Waals surface area contributed by atoms with Gasteiger partial charge in [-0.25, -0.2) is 15.7 Å². The molecule has 7 nitrogen and oxygen atoms in total. The molecule has 0 atom stereocenters. The smallest absolute Gasteiger partial charge is 0.340 e. The van der Waals surface area contributed by atoms with E-state index in [1.807, 2.05) is 19.1 Å². The van der Waals surface area contributed by atoms with Gasteiger partial charge >= 0.3 is 5.97 Å². The van der Waals surface area contributed by atoms with Crippen LogP contribution >= 0.6 is 0 Å². The minimum absolute atomic E-state index is 0.375. The topological polar surface area (TPSA) is 88.6 Å². The molecule has 0 aliphatic carbocycles. The predicted octanol–water partition coefficient (Wildman–Crippen LogP) is 1.43. The fourth-order valence-corrected chi connectivity index (χ4v) is 2.35. The Morgan fingerprint density at radius 3 is 2.86 bits per heavy atom. The highest BCUT2D eigenvalue weighted by Gasteiger charge is 2.15. The van der Waals surface area contributed by atoms with E-state index in [-0.39, 0.29) is 5.97 Å². The molecule has 2 aromatic rings. The number of fused-ring (bicyclic) bond motifs is 1. The fraction of sp³-hybridized carbons (Fsp3) is 0.467. The Morgan fingerprint density at radius 2 is 2.14 bits per heavy atom. The van der Waals surface area contributed by atoms with Crippen LogP contribution in [0.15, 0.2) is 18.2 Å². The van der Waals surface area contributed by atoms with Crippen molar-refractivity contribution in [3.05, 3.63) is 29.6 Å². The van der Waals surface area contributed by atoms with Crippen LogP contribution in [0.3, 0.4) is 0 Å². The van der Waals surface area contributed by atoms with Crippen LogP contribution in [0.2, 0.25) is 0 Å². The molecule has 0 spiro atoms. The number of carbonyl (C=O) groups is 1. The molecule has 0 amide bonds. The first-order valence-electron chi connectivity index (χ1n) is 7.12. The molecule has 0 saturated carbocycles. The second-order valence-electron chi connectivity index (χ2n) is 4.81. The number of benzene rings is 1. The maximum absolute atomic E-state index is 11.8. The maximum Gasteiger partial charge on any atom is 0.340 e. The summed E-state index contributed by atoms with van der Waals surface area (Å²) in [5.41, 5.74) is 2.08.